The van der Waals surface area contributed by atoms with Crippen LogP contribution in [0.4, 0.5) is 0 Å². The van der Waals surface area contributed by atoms with Gasteiger partial charge in [-0.25, -0.2) is 5.84 Å². The fraction of sp³-hybridized carbons (Fsp3) is 0.867. The Hall–Kier alpha value is -1.18. The van der Waals surface area contributed by atoms with Crippen molar-refractivity contribution in [2.75, 3.05) is 6.54 Å². The van der Waals surface area contributed by atoms with Gasteiger partial charge in [-0.05, 0) is 45.1 Å². The van der Waals surface area contributed by atoms with Crippen molar-refractivity contribution in [3.63, 3.8) is 0 Å². The number of rotatable bonds is 7. The number of Topliss-reactive ketones (excluding diaryl/α,β-unsaturated/α-hetero) is 1. The van der Waals surface area contributed by atoms with Crippen molar-refractivity contribution < 1.29 is 4.79 Å². The smallest absolute Gasteiger partial charge is 0.146 e. The molecule has 0 bridgehead atoms. The molecule has 0 aromatic heterocycles. The third-order valence-corrected chi connectivity index (χ3v) is 4.20. The number of amidine groups is 1. The first-order valence-corrected chi connectivity index (χ1v) is 8.22. The fourth-order valence-electron chi connectivity index (χ4n) is 2.89. The SMILES string of the molecule is CC(=O)C(N)CCCN.CCCC1CCCC1/C(=N/N)NN. The lowest BCUT2D eigenvalue weighted by atomic mass is 9.91. The standard InChI is InChI=1S/C9H20N4.C6H14N2O/c1-2-4-7-5-3-6-8(7)9(12-10)13-11;1-5(9)6(8)3-2-4-7/h7-8H,2-6,10-11H2,1H3,(H,12,13);6H,2-4,7-8H2,1H3. The van der Waals surface area contributed by atoms with E-state index >= 15 is 0 Å². The maximum absolute atomic E-state index is 10.5. The van der Waals surface area contributed by atoms with Gasteiger partial charge in [-0.2, -0.15) is 5.10 Å². The Balaban J connectivity index is 0.000000433. The van der Waals surface area contributed by atoms with Gasteiger partial charge in [-0.1, -0.05) is 26.2 Å². The minimum absolute atomic E-state index is 0.0449. The zero-order chi connectivity index (χ0) is 17.0. The molecule has 0 aromatic carbocycles. The average Bonchev–Trinajstić information content (AvgIpc) is 2.95. The van der Waals surface area contributed by atoms with E-state index in [1.807, 2.05) is 0 Å². The largest absolute Gasteiger partial charge is 0.330 e. The quantitative estimate of drug-likeness (QED) is 0.201. The molecule has 1 aliphatic carbocycles. The summed E-state index contributed by atoms with van der Waals surface area (Å²) in [6.07, 6.45) is 7.77. The van der Waals surface area contributed by atoms with Crippen LogP contribution in [0.25, 0.3) is 0 Å². The van der Waals surface area contributed by atoms with Gasteiger partial charge in [0.2, 0.25) is 0 Å². The normalized spacial score (nSPS) is 22.7. The third-order valence-electron chi connectivity index (χ3n) is 4.20. The Labute approximate surface area is 134 Å². The van der Waals surface area contributed by atoms with Crippen LogP contribution in [0.5, 0.6) is 0 Å². The number of ketones is 1. The minimum atomic E-state index is -0.298. The lowest BCUT2D eigenvalue weighted by molar-refractivity contribution is -0.118. The Bertz CT molecular complexity index is 334. The number of nitrogens with one attached hydrogen (secondary N) is 1. The highest BCUT2D eigenvalue weighted by Crippen LogP contribution is 2.35. The van der Waals surface area contributed by atoms with Crippen LogP contribution in [0.2, 0.25) is 0 Å². The molecule has 0 aromatic rings. The molecule has 1 saturated carbocycles. The van der Waals surface area contributed by atoms with Crippen molar-refractivity contribution in [2.45, 2.75) is 64.8 Å². The molecular weight excluding hydrogens is 280 g/mol. The molecular formula is C15H34N6O. The Morgan fingerprint density at radius 2 is 2.09 bits per heavy atom. The molecule has 130 valence electrons. The van der Waals surface area contributed by atoms with Crippen LogP contribution in [0.1, 0.15) is 58.8 Å². The van der Waals surface area contributed by atoms with E-state index in [1.54, 1.807) is 0 Å². The van der Waals surface area contributed by atoms with Gasteiger partial charge in [0.05, 0.1) is 6.04 Å². The maximum Gasteiger partial charge on any atom is 0.146 e. The van der Waals surface area contributed by atoms with E-state index in [1.165, 1.54) is 39.0 Å². The van der Waals surface area contributed by atoms with Crippen LogP contribution < -0.4 is 28.6 Å². The number of nitrogens with zero attached hydrogens (tertiary/aromatic N) is 1. The lowest BCUT2D eigenvalue weighted by Gasteiger charge is -2.19. The fourth-order valence-corrected chi connectivity index (χ4v) is 2.89. The van der Waals surface area contributed by atoms with Gasteiger partial charge >= 0.3 is 0 Å². The predicted octanol–water partition coefficient (Wildman–Crippen LogP) is 0.580. The zero-order valence-corrected chi connectivity index (χ0v) is 14.1. The lowest BCUT2D eigenvalue weighted by Crippen LogP contribution is -2.38. The van der Waals surface area contributed by atoms with E-state index in [2.05, 4.69) is 17.5 Å². The van der Waals surface area contributed by atoms with Gasteiger partial charge in [0.25, 0.3) is 0 Å². The molecule has 1 aliphatic rings. The van der Waals surface area contributed by atoms with Crippen LogP contribution in [-0.4, -0.2) is 24.2 Å². The second-order valence-electron chi connectivity index (χ2n) is 5.89. The van der Waals surface area contributed by atoms with E-state index in [-0.39, 0.29) is 11.8 Å². The van der Waals surface area contributed by atoms with E-state index < -0.39 is 0 Å². The zero-order valence-electron chi connectivity index (χ0n) is 14.1. The molecule has 7 nitrogen and oxygen atoms in total. The predicted molar refractivity (Wildman–Crippen MR) is 91.6 cm³/mol. The van der Waals surface area contributed by atoms with Gasteiger partial charge in [-0.15, -0.1) is 0 Å². The molecule has 1 fully saturated rings. The second kappa shape index (κ2) is 12.4. The number of carbonyl (C=O) groups is 1. The van der Waals surface area contributed by atoms with Gasteiger partial charge < -0.3 is 22.7 Å². The summed E-state index contributed by atoms with van der Waals surface area (Å²) in [5.74, 6) is 12.6. The van der Waals surface area contributed by atoms with Crippen LogP contribution in [0.3, 0.4) is 0 Å². The molecule has 9 N–H and O–H groups in total. The van der Waals surface area contributed by atoms with Crippen LogP contribution in [-0.2, 0) is 4.79 Å². The molecule has 22 heavy (non-hydrogen) atoms. The third kappa shape index (κ3) is 7.72. The first kappa shape index (κ1) is 20.8. The molecule has 0 spiro atoms. The number of hydrogen-bond donors (Lipinski definition) is 5. The van der Waals surface area contributed by atoms with Gasteiger partial charge in [-0.3, -0.25) is 4.79 Å². The Morgan fingerprint density at radius 1 is 1.41 bits per heavy atom. The van der Waals surface area contributed by atoms with Gasteiger partial charge in [0.15, 0.2) is 0 Å². The monoisotopic (exact) mass is 314 g/mol. The minimum Gasteiger partial charge on any atom is -0.330 e. The summed E-state index contributed by atoms with van der Waals surface area (Å²) >= 11 is 0. The molecule has 0 heterocycles. The molecule has 0 aliphatic heterocycles. The van der Waals surface area contributed by atoms with Crippen LogP contribution >= 0.6 is 0 Å². The summed E-state index contributed by atoms with van der Waals surface area (Å²) in [6.45, 7) is 4.33. The maximum atomic E-state index is 10.5. The van der Waals surface area contributed by atoms with Crippen molar-refractivity contribution in [2.24, 2.45) is 40.1 Å². The molecule has 7 heteroatoms. The highest BCUT2D eigenvalue weighted by atomic mass is 16.1. The summed E-state index contributed by atoms with van der Waals surface area (Å²) in [7, 11) is 0. The summed E-state index contributed by atoms with van der Waals surface area (Å²) in [6, 6.07) is -0.298. The molecule has 3 atom stereocenters. The van der Waals surface area contributed by atoms with Gasteiger partial charge in [0.1, 0.15) is 11.6 Å². The van der Waals surface area contributed by atoms with Crippen molar-refractivity contribution in [3.05, 3.63) is 0 Å². The van der Waals surface area contributed by atoms with Crippen molar-refractivity contribution in [1.29, 1.82) is 0 Å². The van der Waals surface area contributed by atoms with E-state index in [9.17, 15) is 4.79 Å². The number of hydrogen-bond acceptors (Lipinski definition) is 6. The Kier molecular flexibility index (Phi) is 11.7. The number of hydrazone groups is 1. The molecule has 3 unspecified atom stereocenters. The first-order valence-electron chi connectivity index (χ1n) is 8.22. The second-order valence-corrected chi connectivity index (χ2v) is 5.89. The van der Waals surface area contributed by atoms with E-state index in [0.717, 1.165) is 18.2 Å². The Morgan fingerprint density at radius 3 is 2.55 bits per heavy atom. The van der Waals surface area contributed by atoms with Crippen LogP contribution in [0.15, 0.2) is 5.10 Å². The number of hydrazine groups is 1. The topological polar surface area (TPSA) is 146 Å². The highest BCUT2D eigenvalue weighted by Gasteiger charge is 2.30. The molecule has 0 saturated heterocycles. The number of carbonyl (C=O) groups excluding carboxylic acids is 1. The van der Waals surface area contributed by atoms with Crippen molar-refractivity contribution >= 4 is 11.6 Å². The van der Waals surface area contributed by atoms with Crippen molar-refractivity contribution in [1.82, 2.24) is 5.43 Å². The van der Waals surface area contributed by atoms with E-state index in [0.29, 0.717) is 18.9 Å². The first-order chi connectivity index (χ1) is 10.5. The summed E-state index contributed by atoms with van der Waals surface area (Å²) in [5, 5.41) is 3.70. The highest BCUT2D eigenvalue weighted by molar-refractivity contribution is 5.84. The molecule has 0 radical (unpaired) electrons. The summed E-state index contributed by atoms with van der Waals surface area (Å²) in [4.78, 5) is 10.5. The molecule has 1 rings (SSSR count). The van der Waals surface area contributed by atoms with Crippen LogP contribution in [0, 0.1) is 11.8 Å². The molecule has 0 amide bonds. The average molecular weight is 314 g/mol. The van der Waals surface area contributed by atoms with Gasteiger partial charge in [0, 0.05) is 5.92 Å². The number of nitrogens with two attached hydrogens (primary N) is 4. The van der Waals surface area contributed by atoms with Crippen molar-refractivity contribution in [3.8, 4) is 0 Å². The summed E-state index contributed by atoms with van der Waals surface area (Å²) in [5.41, 5.74) is 13.2. The van der Waals surface area contributed by atoms with E-state index in [4.69, 9.17) is 23.2 Å². The summed E-state index contributed by atoms with van der Waals surface area (Å²) < 4.78 is 0.